The van der Waals surface area contributed by atoms with E-state index < -0.39 is 0 Å². The molecule has 0 aromatic heterocycles. The minimum atomic E-state index is -0.147. The third-order valence-corrected chi connectivity index (χ3v) is 3.63. The van der Waals surface area contributed by atoms with Crippen molar-refractivity contribution >= 4 is 11.7 Å². The van der Waals surface area contributed by atoms with Gasteiger partial charge < -0.3 is 15.4 Å². The summed E-state index contributed by atoms with van der Waals surface area (Å²) in [7, 11) is 1.62. The molecule has 0 aliphatic carbocycles. The van der Waals surface area contributed by atoms with E-state index in [0.717, 1.165) is 30.9 Å². The van der Waals surface area contributed by atoms with Gasteiger partial charge in [-0.25, -0.2) is 4.79 Å². The Morgan fingerprint density at radius 3 is 2.60 bits per heavy atom. The second kappa shape index (κ2) is 6.61. The van der Waals surface area contributed by atoms with Crippen LogP contribution in [0.15, 0.2) is 24.3 Å². The zero-order chi connectivity index (χ0) is 14.5. The zero-order valence-corrected chi connectivity index (χ0v) is 12.3. The highest BCUT2D eigenvalue weighted by Crippen LogP contribution is 2.15. The van der Waals surface area contributed by atoms with Crippen LogP contribution in [0.4, 0.5) is 10.5 Å². The van der Waals surface area contributed by atoms with Crippen LogP contribution in [-0.4, -0.2) is 43.2 Å². The Labute approximate surface area is 120 Å². The van der Waals surface area contributed by atoms with Gasteiger partial charge in [-0.3, -0.25) is 4.90 Å². The van der Waals surface area contributed by atoms with Crippen LogP contribution >= 0.6 is 0 Å². The van der Waals surface area contributed by atoms with Gasteiger partial charge in [0.25, 0.3) is 0 Å². The first kappa shape index (κ1) is 14.7. The molecule has 1 aliphatic heterocycles. The molecule has 5 heteroatoms. The van der Waals surface area contributed by atoms with Gasteiger partial charge in [0.1, 0.15) is 5.75 Å². The molecular weight excluding hydrogens is 254 g/mol. The van der Waals surface area contributed by atoms with Crippen molar-refractivity contribution in [2.24, 2.45) is 0 Å². The van der Waals surface area contributed by atoms with Gasteiger partial charge in [-0.2, -0.15) is 0 Å². The van der Waals surface area contributed by atoms with Gasteiger partial charge in [0.05, 0.1) is 7.11 Å². The maximum absolute atomic E-state index is 11.9. The number of nitrogens with one attached hydrogen (secondary N) is 2. The van der Waals surface area contributed by atoms with Gasteiger partial charge in [-0.15, -0.1) is 0 Å². The number of anilines is 1. The summed E-state index contributed by atoms with van der Waals surface area (Å²) < 4.78 is 5.08. The summed E-state index contributed by atoms with van der Waals surface area (Å²) >= 11 is 0. The number of hydrogen-bond donors (Lipinski definition) is 2. The molecule has 1 aliphatic rings. The van der Waals surface area contributed by atoms with Crippen molar-refractivity contribution < 1.29 is 9.53 Å². The van der Waals surface area contributed by atoms with Crippen molar-refractivity contribution in [1.82, 2.24) is 10.2 Å². The molecule has 1 saturated heterocycles. The van der Waals surface area contributed by atoms with Gasteiger partial charge in [0, 0.05) is 30.9 Å². The topological polar surface area (TPSA) is 53.6 Å². The standard InChI is InChI=1S/C15H23N3O2/c1-11(2)18-9-8-13(10-18)17-15(19)16-12-4-6-14(20-3)7-5-12/h4-7,11,13H,8-10H2,1-3H3,(H2,16,17,19)/t13-/m0/s1. The molecule has 2 rings (SSSR count). The number of benzene rings is 1. The number of nitrogens with zero attached hydrogens (tertiary/aromatic N) is 1. The van der Waals surface area contributed by atoms with E-state index in [-0.39, 0.29) is 12.1 Å². The molecule has 0 unspecified atom stereocenters. The molecular formula is C15H23N3O2. The fourth-order valence-corrected chi connectivity index (χ4v) is 2.40. The Morgan fingerprint density at radius 2 is 2.05 bits per heavy atom. The van der Waals surface area contributed by atoms with E-state index in [2.05, 4.69) is 29.4 Å². The summed E-state index contributed by atoms with van der Waals surface area (Å²) in [4.78, 5) is 14.3. The summed E-state index contributed by atoms with van der Waals surface area (Å²) in [6.07, 6.45) is 1.01. The molecule has 0 radical (unpaired) electrons. The number of ether oxygens (including phenoxy) is 1. The van der Waals surface area contributed by atoms with E-state index in [1.807, 2.05) is 24.3 Å². The predicted molar refractivity (Wildman–Crippen MR) is 80.3 cm³/mol. The van der Waals surface area contributed by atoms with E-state index in [1.165, 1.54) is 0 Å². The highest BCUT2D eigenvalue weighted by Gasteiger charge is 2.25. The highest BCUT2D eigenvalue weighted by molar-refractivity contribution is 5.89. The third-order valence-electron chi connectivity index (χ3n) is 3.63. The second-order valence-corrected chi connectivity index (χ2v) is 5.40. The van der Waals surface area contributed by atoms with E-state index >= 15 is 0 Å². The summed E-state index contributed by atoms with van der Waals surface area (Å²) in [6, 6.07) is 7.92. The van der Waals surface area contributed by atoms with Crippen LogP contribution in [0.2, 0.25) is 0 Å². The van der Waals surface area contributed by atoms with Gasteiger partial charge in [-0.1, -0.05) is 0 Å². The van der Waals surface area contributed by atoms with Crippen LogP contribution in [0.5, 0.6) is 5.75 Å². The molecule has 110 valence electrons. The molecule has 1 fully saturated rings. The lowest BCUT2D eigenvalue weighted by molar-refractivity contribution is 0.244. The molecule has 1 heterocycles. The fraction of sp³-hybridized carbons (Fsp3) is 0.533. The van der Waals surface area contributed by atoms with Crippen LogP contribution in [0.3, 0.4) is 0 Å². The maximum atomic E-state index is 11.9. The summed E-state index contributed by atoms with van der Waals surface area (Å²) in [6.45, 7) is 6.33. The van der Waals surface area contributed by atoms with Crippen molar-refractivity contribution in [2.45, 2.75) is 32.4 Å². The van der Waals surface area contributed by atoms with Crippen LogP contribution in [0.1, 0.15) is 20.3 Å². The van der Waals surface area contributed by atoms with Crippen LogP contribution in [0, 0.1) is 0 Å². The van der Waals surface area contributed by atoms with E-state index in [9.17, 15) is 4.79 Å². The van der Waals surface area contributed by atoms with E-state index in [1.54, 1.807) is 7.11 Å². The van der Waals surface area contributed by atoms with E-state index in [4.69, 9.17) is 4.74 Å². The smallest absolute Gasteiger partial charge is 0.319 e. The van der Waals surface area contributed by atoms with Crippen LogP contribution < -0.4 is 15.4 Å². The molecule has 0 spiro atoms. The molecule has 5 nitrogen and oxygen atoms in total. The Balaban J connectivity index is 1.80. The number of hydrogen-bond acceptors (Lipinski definition) is 3. The minimum Gasteiger partial charge on any atom is -0.497 e. The number of amides is 2. The lowest BCUT2D eigenvalue weighted by Gasteiger charge is -2.20. The fourth-order valence-electron chi connectivity index (χ4n) is 2.40. The average molecular weight is 277 g/mol. The monoisotopic (exact) mass is 277 g/mol. The van der Waals surface area contributed by atoms with Crippen molar-refractivity contribution in [1.29, 1.82) is 0 Å². The molecule has 1 aromatic rings. The number of rotatable bonds is 4. The van der Waals surface area contributed by atoms with Gasteiger partial charge >= 0.3 is 6.03 Å². The predicted octanol–water partition coefficient (Wildman–Crippen LogP) is 2.30. The lowest BCUT2D eigenvalue weighted by atomic mass is 10.2. The molecule has 1 aromatic carbocycles. The second-order valence-electron chi connectivity index (χ2n) is 5.40. The number of likely N-dealkylation sites (tertiary alicyclic amines) is 1. The van der Waals surface area contributed by atoms with Gasteiger partial charge in [-0.05, 0) is 44.5 Å². The SMILES string of the molecule is COc1ccc(NC(=O)N[C@H]2CCN(C(C)C)C2)cc1. The first-order chi connectivity index (χ1) is 9.58. The number of carbonyl (C=O) groups is 1. The largest absolute Gasteiger partial charge is 0.497 e. The summed E-state index contributed by atoms with van der Waals surface area (Å²) in [5.74, 6) is 0.777. The van der Waals surface area contributed by atoms with Gasteiger partial charge in [0.15, 0.2) is 0 Å². The molecule has 0 saturated carbocycles. The van der Waals surface area contributed by atoms with Crippen LogP contribution in [-0.2, 0) is 0 Å². The van der Waals surface area contributed by atoms with E-state index in [0.29, 0.717) is 6.04 Å². The first-order valence-electron chi connectivity index (χ1n) is 7.04. The number of carbonyl (C=O) groups excluding carboxylic acids is 1. The summed E-state index contributed by atoms with van der Waals surface area (Å²) in [5, 5.41) is 5.86. The quantitative estimate of drug-likeness (QED) is 0.888. The minimum absolute atomic E-state index is 0.147. The van der Waals surface area contributed by atoms with Crippen molar-refractivity contribution in [3.05, 3.63) is 24.3 Å². The molecule has 2 N–H and O–H groups in total. The Bertz CT molecular complexity index is 445. The number of urea groups is 1. The Hall–Kier alpha value is -1.75. The Morgan fingerprint density at radius 1 is 1.35 bits per heavy atom. The van der Waals surface area contributed by atoms with Crippen molar-refractivity contribution in [3.8, 4) is 5.75 Å². The first-order valence-corrected chi connectivity index (χ1v) is 7.04. The molecule has 0 bridgehead atoms. The van der Waals surface area contributed by atoms with Gasteiger partial charge in [0.2, 0.25) is 0 Å². The maximum Gasteiger partial charge on any atom is 0.319 e. The normalized spacial score (nSPS) is 19.1. The molecule has 2 amide bonds. The number of methoxy groups -OCH3 is 1. The molecule has 1 atom stereocenters. The van der Waals surface area contributed by atoms with Crippen LogP contribution in [0.25, 0.3) is 0 Å². The highest BCUT2D eigenvalue weighted by atomic mass is 16.5. The summed E-state index contributed by atoms with van der Waals surface area (Å²) in [5.41, 5.74) is 0.766. The van der Waals surface area contributed by atoms with Crippen molar-refractivity contribution in [2.75, 3.05) is 25.5 Å². The average Bonchev–Trinajstić information content (AvgIpc) is 2.88. The lowest BCUT2D eigenvalue weighted by Crippen LogP contribution is -2.40. The van der Waals surface area contributed by atoms with Crippen molar-refractivity contribution in [3.63, 3.8) is 0 Å². The molecule has 20 heavy (non-hydrogen) atoms. The Kier molecular flexibility index (Phi) is 4.84. The zero-order valence-electron chi connectivity index (χ0n) is 12.3. The third kappa shape index (κ3) is 3.87.